The minimum Gasteiger partial charge on any atom is -0.478 e. The number of halogens is 1. The molecule has 0 aromatic heterocycles. The van der Waals surface area contributed by atoms with Crippen LogP contribution >= 0.6 is 11.6 Å². The Kier molecular flexibility index (Phi) is 5.62. The second kappa shape index (κ2) is 7.78. The van der Waals surface area contributed by atoms with Gasteiger partial charge in [-0.3, -0.25) is 9.10 Å². The Bertz CT molecular complexity index is 962. The normalized spacial score (nSPS) is 16.9. The fourth-order valence-electron chi connectivity index (χ4n) is 3.01. The summed E-state index contributed by atoms with van der Waals surface area (Å²) in [7, 11) is -3.53. The summed E-state index contributed by atoms with van der Waals surface area (Å²) in [6.07, 6.45) is 0.566. The first-order chi connectivity index (χ1) is 12.7. The lowest BCUT2D eigenvalue weighted by Gasteiger charge is -2.21. The maximum absolute atomic E-state index is 12.6. The van der Waals surface area contributed by atoms with Gasteiger partial charge >= 0.3 is 0 Å². The Morgan fingerprint density at radius 1 is 1.30 bits per heavy atom. The van der Waals surface area contributed by atoms with Crippen molar-refractivity contribution in [2.24, 2.45) is 0 Å². The van der Waals surface area contributed by atoms with Crippen molar-refractivity contribution in [1.29, 1.82) is 0 Å². The molecular formula is C19H21ClN2O4S. The maximum atomic E-state index is 12.6. The molecule has 1 N–H and O–H groups in total. The average Bonchev–Trinajstić information content (AvgIpc) is 2.79. The fraction of sp³-hybridized carbons (Fsp3) is 0.316. The van der Waals surface area contributed by atoms with Crippen molar-refractivity contribution in [3.05, 3.63) is 58.6 Å². The van der Waals surface area contributed by atoms with Gasteiger partial charge in [-0.1, -0.05) is 41.4 Å². The molecule has 8 heteroatoms. The highest BCUT2D eigenvalue weighted by Gasteiger charge is 2.31. The Balaban J connectivity index is 1.78. The first-order valence-corrected chi connectivity index (χ1v) is 10.7. The van der Waals surface area contributed by atoms with Crippen LogP contribution in [0.1, 0.15) is 17.5 Å². The number of aryl methyl sites for hydroxylation is 1. The predicted molar refractivity (Wildman–Crippen MR) is 106 cm³/mol. The van der Waals surface area contributed by atoms with E-state index < -0.39 is 16.1 Å². The third-order valence-corrected chi connectivity index (χ3v) is 5.71. The zero-order valence-electron chi connectivity index (χ0n) is 15.1. The third-order valence-electron chi connectivity index (χ3n) is 4.30. The van der Waals surface area contributed by atoms with E-state index in [4.69, 9.17) is 16.3 Å². The monoisotopic (exact) mass is 408 g/mol. The van der Waals surface area contributed by atoms with Crippen LogP contribution in [0.4, 0.5) is 5.69 Å². The molecule has 0 aliphatic carbocycles. The molecule has 0 radical (unpaired) electrons. The molecule has 1 heterocycles. The first-order valence-electron chi connectivity index (χ1n) is 8.51. The van der Waals surface area contributed by atoms with E-state index in [2.05, 4.69) is 5.32 Å². The van der Waals surface area contributed by atoms with Crippen molar-refractivity contribution in [1.82, 2.24) is 5.32 Å². The van der Waals surface area contributed by atoms with Gasteiger partial charge in [0.2, 0.25) is 10.0 Å². The van der Waals surface area contributed by atoms with Crippen LogP contribution in [0.25, 0.3) is 0 Å². The Hall–Kier alpha value is -2.25. The lowest BCUT2D eigenvalue weighted by atomic mass is 10.1. The zero-order chi connectivity index (χ0) is 19.6. The molecule has 0 fully saturated rings. The van der Waals surface area contributed by atoms with Crippen LogP contribution in [-0.4, -0.2) is 33.2 Å². The number of nitrogens with one attached hydrogen (secondary N) is 1. The molecule has 0 spiro atoms. The van der Waals surface area contributed by atoms with Crippen molar-refractivity contribution < 1.29 is 17.9 Å². The van der Waals surface area contributed by atoms with E-state index in [1.165, 1.54) is 10.4 Å². The number of hydrogen-bond acceptors (Lipinski definition) is 4. The summed E-state index contributed by atoms with van der Waals surface area (Å²) in [5.74, 6) is 0.0331. The molecule has 1 aliphatic rings. The number of benzene rings is 2. The Labute approximate surface area is 164 Å². The van der Waals surface area contributed by atoms with E-state index >= 15 is 0 Å². The van der Waals surface area contributed by atoms with Crippen LogP contribution in [0.15, 0.2) is 42.5 Å². The summed E-state index contributed by atoms with van der Waals surface area (Å²) in [6.45, 7) is 2.50. The highest BCUT2D eigenvalue weighted by molar-refractivity contribution is 7.92. The number of rotatable bonds is 4. The molecule has 27 heavy (non-hydrogen) atoms. The minimum atomic E-state index is -3.53. The largest absolute Gasteiger partial charge is 0.478 e. The highest BCUT2D eigenvalue weighted by Crippen LogP contribution is 2.36. The smallest absolute Gasteiger partial charge is 0.261 e. The summed E-state index contributed by atoms with van der Waals surface area (Å²) >= 11 is 6.02. The molecule has 144 valence electrons. The summed E-state index contributed by atoms with van der Waals surface area (Å²) in [6, 6.07) is 12.6. The number of nitrogens with zero attached hydrogens (tertiary/aromatic N) is 1. The second-order valence-corrected chi connectivity index (χ2v) is 8.89. The number of carbonyl (C=O) groups is 1. The van der Waals surface area contributed by atoms with E-state index in [-0.39, 0.29) is 18.9 Å². The maximum Gasteiger partial charge on any atom is 0.261 e. The van der Waals surface area contributed by atoms with Gasteiger partial charge < -0.3 is 10.1 Å². The number of anilines is 1. The van der Waals surface area contributed by atoms with E-state index in [0.717, 1.165) is 17.4 Å². The van der Waals surface area contributed by atoms with Crippen molar-refractivity contribution in [2.45, 2.75) is 26.0 Å². The highest BCUT2D eigenvalue weighted by atomic mass is 35.5. The predicted octanol–water partition coefficient (Wildman–Crippen LogP) is 2.88. The SMILES string of the molecule is Cc1cccc(CNC(=O)[C@H]2CCN(S(C)(=O)=O)c3cc(Cl)ccc3O2)c1. The van der Waals surface area contributed by atoms with Crippen LogP contribution in [0, 0.1) is 6.92 Å². The molecule has 1 aliphatic heterocycles. The molecular weight excluding hydrogens is 388 g/mol. The van der Waals surface area contributed by atoms with Gasteiger partial charge in [-0.15, -0.1) is 0 Å². The zero-order valence-corrected chi connectivity index (χ0v) is 16.7. The third kappa shape index (κ3) is 4.73. The van der Waals surface area contributed by atoms with Crippen LogP contribution in [0.2, 0.25) is 5.02 Å². The van der Waals surface area contributed by atoms with Gasteiger partial charge in [-0.25, -0.2) is 8.42 Å². The number of ether oxygens (including phenoxy) is 1. The number of carbonyl (C=O) groups excluding carboxylic acids is 1. The van der Waals surface area contributed by atoms with Crippen molar-refractivity contribution >= 4 is 33.2 Å². The molecule has 0 saturated heterocycles. The molecule has 0 saturated carbocycles. The van der Waals surface area contributed by atoms with E-state index in [0.29, 0.717) is 23.0 Å². The fourth-order valence-corrected chi connectivity index (χ4v) is 4.11. The van der Waals surface area contributed by atoms with Gasteiger partial charge in [-0.2, -0.15) is 0 Å². The number of sulfonamides is 1. The second-order valence-electron chi connectivity index (χ2n) is 6.55. The number of fused-ring (bicyclic) bond motifs is 1. The first kappa shape index (κ1) is 19.5. The van der Waals surface area contributed by atoms with Crippen LogP contribution in [0.3, 0.4) is 0 Å². The summed E-state index contributed by atoms with van der Waals surface area (Å²) in [5, 5.41) is 3.26. The van der Waals surface area contributed by atoms with E-state index in [1.54, 1.807) is 12.1 Å². The quantitative estimate of drug-likeness (QED) is 0.844. The van der Waals surface area contributed by atoms with E-state index in [9.17, 15) is 13.2 Å². The van der Waals surface area contributed by atoms with Gasteiger partial charge in [0.1, 0.15) is 5.75 Å². The lowest BCUT2D eigenvalue weighted by molar-refractivity contribution is -0.128. The van der Waals surface area contributed by atoms with Crippen molar-refractivity contribution in [2.75, 3.05) is 17.1 Å². The Morgan fingerprint density at radius 2 is 2.07 bits per heavy atom. The van der Waals surface area contributed by atoms with E-state index in [1.807, 2.05) is 31.2 Å². The molecule has 0 unspecified atom stereocenters. The lowest BCUT2D eigenvalue weighted by Crippen LogP contribution is -2.39. The summed E-state index contributed by atoms with van der Waals surface area (Å²) in [4.78, 5) is 12.6. The number of hydrogen-bond donors (Lipinski definition) is 1. The molecule has 6 nitrogen and oxygen atoms in total. The van der Waals surface area contributed by atoms with Gasteiger partial charge in [0.05, 0.1) is 11.9 Å². The molecule has 1 atom stereocenters. The number of amides is 1. The topological polar surface area (TPSA) is 75.7 Å². The van der Waals surface area contributed by atoms with Crippen LogP contribution in [0.5, 0.6) is 5.75 Å². The van der Waals surface area contributed by atoms with Crippen molar-refractivity contribution in [3.63, 3.8) is 0 Å². The van der Waals surface area contributed by atoms with Gasteiger partial charge in [0, 0.05) is 24.5 Å². The standard InChI is InChI=1S/C19H21ClN2O4S/c1-13-4-3-5-14(10-13)12-21-19(23)18-8-9-22(27(2,24)25)16-11-15(20)6-7-17(16)26-18/h3-7,10-11,18H,8-9,12H2,1-2H3,(H,21,23)/t18-/m1/s1. The van der Waals surface area contributed by atoms with Gasteiger partial charge in [0.25, 0.3) is 5.91 Å². The van der Waals surface area contributed by atoms with Crippen LogP contribution < -0.4 is 14.4 Å². The van der Waals surface area contributed by atoms with Crippen molar-refractivity contribution in [3.8, 4) is 5.75 Å². The molecule has 3 rings (SSSR count). The molecule has 2 aromatic carbocycles. The molecule has 2 aromatic rings. The Morgan fingerprint density at radius 3 is 2.78 bits per heavy atom. The van der Waals surface area contributed by atoms with Gasteiger partial charge in [0.15, 0.2) is 6.10 Å². The van der Waals surface area contributed by atoms with Crippen LogP contribution in [-0.2, 0) is 21.4 Å². The molecule has 1 amide bonds. The summed E-state index contributed by atoms with van der Waals surface area (Å²) < 4.78 is 31.4. The minimum absolute atomic E-state index is 0.134. The summed E-state index contributed by atoms with van der Waals surface area (Å²) in [5.41, 5.74) is 2.45. The van der Waals surface area contributed by atoms with Gasteiger partial charge in [-0.05, 0) is 30.7 Å². The average molecular weight is 409 g/mol. The molecule has 0 bridgehead atoms.